The van der Waals surface area contributed by atoms with Crippen molar-refractivity contribution in [1.82, 2.24) is 29.4 Å². The van der Waals surface area contributed by atoms with Crippen molar-refractivity contribution < 1.29 is 4.79 Å². The lowest BCUT2D eigenvalue weighted by Crippen LogP contribution is -2.36. The first-order valence-corrected chi connectivity index (χ1v) is 11.1. The van der Waals surface area contributed by atoms with Gasteiger partial charge in [0.25, 0.3) is 0 Å². The van der Waals surface area contributed by atoms with Crippen molar-refractivity contribution in [2.45, 2.75) is 56.6 Å². The third-order valence-corrected chi connectivity index (χ3v) is 6.79. The molecule has 1 amide bonds. The zero-order valence-corrected chi connectivity index (χ0v) is 17.3. The van der Waals surface area contributed by atoms with E-state index in [0.717, 1.165) is 47.5 Å². The smallest absolute Gasteiger partial charge is 0.222 e. The highest BCUT2D eigenvalue weighted by Crippen LogP contribution is 2.32. The van der Waals surface area contributed by atoms with Gasteiger partial charge in [0.2, 0.25) is 5.91 Å². The minimum atomic E-state index is 0.283. The highest BCUT2D eigenvalue weighted by atomic mass is 32.2. The number of aromatic nitrogens is 5. The standard InChI is InChI=1S/C19H28N6OS/c1-23-18(20-21-19(23)27-3)17-14-12-25(11-10-15(14)24(2)22-17)16(26)9-8-13-6-4-5-7-13/h13H,4-12H2,1-3H3. The second kappa shape index (κ2) is 7.66. The van der Waals surface area contributed by atoms with Gasteiger partial charge >= 0.3 is 0 Å². The lowest BCUT2D eigenvalue weighted by atomic mass is 10.00. The second-order valence-corrected chi connectivity index (χ2v) is 8.49. The number of hydrogen-bond acceptors (Lipinski definition) is 5. The first-order chi connectivity index (χ1) is 13.1. The Morgan fingerprint density at radius 3 is 2.70 bits per heavy atom. The molecule has 146 valence electrons. The molecule has 0 aromatic carbocycles. The summed E-state index contributed by atoms with van der Waals surface area (Å²) in [5, 5.41) is 14.2. The van der Waals surface area contributed by atoms with Gasteiger partial charge in [-0.25, -0.2) is 0 Å². The first-order valence-electron chi connectivity index (χ1n) is 9.84. The molecule has 4 rings (SSSR count). The van der Waals surface area contributed by atoms with Gasteiger partial charge in [-0.05, 0) is 18.6 Å². The number of nitrogens with zero attached hydrogens (tertiary/aromatic N) is 6. The summed E-state index contributed by atoms with van der Waals surface area (Å²) in [6, 6.07) is 0. The van der Waals surface area contributed by atoms with Crippen molar-refractivity contribution in [3.63, 3.8) is 0 Å². The van der Waals surface area contributed by atoms with E-state index < -0.39 is 0 Å². The normalized spacial score (nSPS) is 17.5. The van der Waals surface area contributed by atoms with Crippen LogP contribution in [-0.4, -0.2) is 48.2 Å². The Bertz CT molecular complexity index is 836. The molecule has 0 spiro atoms. The van der Waals surface area contributed by atoms with Gasteiger partial charge in [-0.3, -0.25) is 9.48 Å². The van der Waals surface area contributed by atoms with E-state index in [-0.39, 0.29) is 5.91 Å². The van der Waals surface area contributed by atoms with E-state index >= 15 is 0 Å². The Hall–Kier alpha value is -1.83. The summed E-state index contributed by atoms with van der Waals surface area (Å²) < 4.78 is 3.92. The maximum absolute atomic E-state index is 12.8. The van der Waals surface area contributed by atoms with Crippen molar-refractivity contribution in [2.24, 2.45) is 20.0 Å². The number of aryl methyl sites for hydroxylation is 1. The maximum atomic E-state index is 12.8. The highest BCUT2D eigenvalue weighted by Gasteiger charge is 2.29. The molecule has 7 nitrogen and oxygen atoms in total. The van der Waals surface area contributed by atoms with Crippen molar-refractivity contribution in [1.29, 1.82) is 0 Å². The molecule has 1 saturated carbocycles. The largest absolute Gasteiger partial charge is 0.338 e. The summed E-state index contributed by atoms with van der Waals surface area (Å²) in [7, 11) is 3.95. The Kier molecular flexibility index (Phi) is 5.25. The molecule has 0 bridgehead atoms. The van der Waals surface area contributed by atoms with E-state index in [9.17, 15) is 4.79 Å². The molecule has 27 heavy (non-hydrogen) atoms. The minimum absolute atomic E-state index is 0.283. The number of rotatable bonds is 5. The van der Waals surface area contributed by atoms with Crippen molar-refractivity contribution in [3.8, 4) is 11.5 Å². The van der Waals surface area contributed by atoms with Gasteiger partial charge in [-0.2, -0.15) is 5.10 Å². The molecule has 8 heteroatoms. The molecule has 0 N–H and O–H groups in total. The molecular formula is C19H28N6OS. The van der Waals surface area contributed by atoms with E-state index in [4.69, 9.17) is 5.10 Å². The molecule has 2 aromatic heterocycles. The fourth-order valence-electron chi connectivity index (χ4n) is 4.47. The molecule has 0 saturated heterocycles. The third kappa shape index (κ3) is 3.51. The van der Waals surface area contributed by atoms with E-state index in [0.29, 0.717) is 13.0 Å². The predicted molar refractivity (Wildman–Crippen MR) is 105 cm³/mol. The summed E-state index contributed by atoms with van der Waals surface area (Å²) in [6.45, 7) is 1.41. The van der Waals surface area contributed by atoms with Crippen LogP contribution in [0.5, 0.6) is 0 Å². The van der Waals surface area contributed by atoms with Gasteiger partial charge in [0.05, 0.1) is 0 Å². The van der Waals surface area contributed by atoms with Crippen LogP contribution in [-0.2, 0) is 31.9 Å². The summed E-state index contributed by atoms with van der Waals surface area (Å²) in [4.78, 5) is 14.8. The lowest BCUT2D eigenvalue weighted by Gasteiger charge is -2.28. The second-order valence-electron chi connectivity index (χ2n) is 7.72. The number of hydrogen-bond donors (Lipinski definition) is 0. The molecular weight excluding hydrogens is 360 g/mol. The van der Waals surface area contributed by atoms with Gasteiger partial charge in [0.1, 0.15) is 5.69 Å². The average molecular weight is 389 g/mol. The van der Waals surface area contributed by atoms with Gasteiger partial charge < -0.3 is 9.47 Å². The third-order valence-electron chi connectivity index (χ3n) is 6.07. The fraction of sp³-hybridized carbons (Fsp3) is 0.684. The first kappa shape index (κ1) is 18.5. The van der Waals surface area contributed by atoms with E-state index in [1.807, 2.05) is 34.5 Å². The average Bonchev–Trinajstić information content (AvgIpc) is 3.39. The van der Waals surface area contributed by atoms with Gasteiger partial charge in [-0.15, -0.1) is 10.2 Å². The van der Waals surface area contributed by atoms with Crippen LogP contribution in [0.25, 0.3) is 11.5 Å². The molecule has 1 aliphatic carbocycles. The van der Waals surface area contributed by atoms with Crippen molar-refractivity contribution >= 4 is 17.7 Å². The van der Waals surface area contributed by atoms with Crippen LogP contribution in [0.2, 0.25) is 0 Å². The molecule has 3 heterocycles. The summed E-state index contributed by atoms with van der Waals surface area (Å²) in [5.74, 6) is 1.81. The summed E-state index contributed by atoms with van der Waals surface area (Å²) in [6.07, 6.45) is 9.83. The Morgan fingerprint density at radius 1 is 1.22 bits per heavy atom. The molecule has 0 unspecified atom stereocenters. The van der Waals surface area contributed by atoms with Crippen LogP contribution in [0.1, 0.15) is 49.8 Å². The Balaban J connectivity index is 1.52. The van der Waals surface area contributed by atoms with Crippen LogP contribution in [0.4, 0.5) is 0 Å². The monoisotopic (exact) mass is 388 g/mol. The molecule has 2 aliphatic rings. The zero-order valence-electron chi connectivity index (χ0n) is 16.4. The molecule has 0 radical (unpaired) electrons. The zero-order chi connectivity index (χ0) is 19.0. The van der Waals surface area contributed by atoms with Crippen LogP contribution >= 0.6 is 11.8 Å². The van der Waals surface area contributed by atoms with Crippen molar-refractivity contribution in [2.75, 3.05) is 12.8 Å². The van der Waals surface area contributed by atoms with Crippen LogP contribution in [0, 0.1) is 5.92 Å². The Morgan fingerprint density at radius 2 is 2.00 bits per heavy atom. The molecule has 2 aromatic rings. The summed E-state index contributed by atoms with van der Waals surface area (Å²) in [5.41, 5.74) is 3.19. The predicted octanol–water partition coefficient (Wildman–Crippen LogP) is 2.79. The van der Waals surface area contributed by atoms with Gasteiger partial charge in [0, 0.05) is 51.3 Å². The van der Waals surface area contributed by atoms with Crippen LogP contribution < -0.4 is 0 Å². The van der Waals surface area contributed by atoms with E-state index in [1.165, 1.54) is 31.4 Å². The van der Waals surface area contributed by atoms with E-state index in [2.05, 4.69) is 10.2 Å². The van der Waals surface area contributed by atoms with Crippen LogP contribution in [0.15, 0.2) is 5.16 Å². The number of carbonyl (C=O) groups excluding carboxylic acids is 1. The van der Waals surface area contributed by atoms with Gasteiger partial charge in [-0.1, -0.05) is 37.4 Å². The number of amides is 1. The molecule has 0 atom stereocenters. The van der Waals surface area contributed by atoms with Crippen molar-refractivity contribution in [3.05, 3.63) is 11.3 Å². The van der Waals surface area contributed by atoms with Crippen LogP contribution in [0.3, 0.4) is 0 Å². The molecule has 1 fully saturated rings. The SMILES string of the molecule is CSc1nnc(-c2nn(C)c3c2CN(C(=O)CCC2CCCC2)CC3)n1C. The topological polar surface area (TPSA) is 68.8 Å². The Labute approximate surface area is 164 Å². The number of carbonyl (C=O) groups is 1. The summed E-state index contributed by atoms with van der Waals surface area (Å²) >= 11 is 1.57. The maximum Gasteiger partial charge on any atom is 0.222 e. The lowest BCUT2D eigenvalue weighted by molar-refractivity contribution is -0.132. The fourth-order valence-corrected chi connectivity index (χ4v) is 4.95. The minimum Gasteiger partial charge on any atom is -0.338 e. The van der Waals surface area contributed by atoms with E-state index in [1.54, 1.807) is 11.8 Å². The number of thioether (sulfide) groups is 1. The van der Waals surface area contributed by atoms with Gasteiger partial charge in [0.15, 0.2) is 11.0 Å². The molecule has 1 aliphatic heterocycles. The highest BCUT2D eigenvalue weighted by molar-refractivity contribution is 7.98. The quantitative estimate of drug-likeness (QED) is 0.737. The number of fused-ring (bicyclic) bond motifs is 1.